The van der Waals surface area contributed by atoms with Gasteiger partial charge in [-0.1, -0.05) is 5.21 Å². The molecule has 5 heteroatoms. The summed E-state index contributed by atoms with van der Waals surface area (Å²) in [7, 11) is 0. The van der Waals surface area contributed by atoms with E-state index in [1.807, 2.05) is 13.8 Å². The molecule has 0 aliphatic heterocycles. The van der Waals surface area contributed by atoms with Crippen molar-refractivity contribution in [2.24, 2.45) is 0 Å². The second-order valence-electron chi connectivity index (χ2n) is 3.72. The minimum absolute atomic E-state index is 0.0788. The summed E-state index contributed by atoms with van der Waals surface area (Å²) in [6.45, 7) is 5.08. The number of aromatic nitrogens is 3. The van der Waals surface area contributed by atoms with Crippen LogP contribution in [-0.4, -0.2) is 27.4 Å². The average molecular weight is 245 g/mol. The maximum absolute atomic E-state index is 12.2. The summed E-state index contributed by atoms with van der Waals surface area (Å²) in [5.74, 6) is 0.682. The van der Waals surface area contributed by atoms with E-state index in [0.717, 1.165) is 5.75 Å². The second kappa shape index (κ2) is 5.44. The Labute approximate surface area is 105 Å². The van der Waals surface area contributed by atoms with Gasteiger partial charge in [0.1, 0.15) is 11.4 Å². The quantitative estimate of drug-likeness (QED) is 0.755. The van der Waals surface area contributed by atoms with Crippen LogP contribution in [0.25, 0.3) is 0 Å². The maximum Gasteiger partial charge on any atom is 0.212 e. The third kappa shape index (κ3) is 2.40. The van der Waals surface area contributed by atoms with E-state index in [4.69, 9.17) is 4.74 Å². The summed E-state index contributed by atoms with van der Waals surface area (Å²) < 4.78 is 6.92. The van der Waals surface area contributed by atoms with Gasteiger partial charge in [-0.2, -0.15) is 0 Å². The van der Waals surface area contributed by atoms with Crippen LogP contribution in [-0.2, 0) is 6.54 Å². The summed E-state index contributed by atoms with van der Waals surface area (Å²) in [5, 5.41) is 7.60. The van der Waals surface area contributed by atoms with Gasteiger partial charge in [-0.25, -0.2) is 4.68 Å². The standard InChI is InChI=1S/C13H15N3O2/c1-3-16-12(9-14-15-16)13(17)10-5-7-11(8-6-10)18-4-2/h5-9H,3-4H2,1-2H3. The van der Waals surface area contributed by atoms with E-state index in [1.54, 1.807) is 28.9 Å². The molecule has 0 amide bonds. The van der Waals surface area contributed by atoms with Crippen molar-refractivity contribution in [1.82, 2.24) is 15.0 Å². The normalized spacial score (nSPS) is 10.3. The largest absolute Gasteiger partial charge is 0.494 e. The van der Waals surface area contributed by atoms with Crippen LogP contribution >= 0.6 is 0 Å². The lowest BCUT2D eigenvalue weighted by molar-refractivity contribution is 0.102. The molecule has 1 aromatic heterocycles. The molecule has 5 nitrogen and oxygen atoms in total. The Morgan fingerprint density at radius 2 is 2.00 bits per heavy atom. The molecule has 18 heavy (non-hydrogen) atoms. The first-order valence-electron chi connectivity index (χ1n) is 5.92. The number of nitrogens with zero attached hydrogens (tertiary/aromatic N) is 3. The highest BCUT2D eigenvalue weighted by Crippen LogP contribution is 2.15. The topological polar surface area (TPSA) is 57.0 Å². The highest BCUT2D eigenvalue weighted by atomic mass is 16.5. The van der Waals surface area contributed by atoms with Crippen LogP contribution in [0.15, 0.2) is 30.5 Å². The Balaban J connectivity index is 2.23. The van der Waals surface area contributed by atoms with E-state index in [0.29, 0.717) is 24.4 Å². The van der Waals surface area contributed by atoms with E-state index in [9.17, 15) is 4.79 Å². The molecule has 2 rings (SSSR count). The van der Waals surface area contributed by atoms with Gasteiger partial charge in [-0.3, -0.25) is 4.79 Å². The zero-order chi connectivity index (χ0) is 13.0. The van der Waals surface area contributed by atoms with E-state index in [2.05, 4.69) is 10.3 Å². The monoisotopic (exact) mass is 245 g/mol. The molecule has 0 saturated carbocycles. The molecule has 1 heterocycles. The predicted octanol–water partition coefficient (Wildman–Crippen LogP) is 1.93. The van der Waals surface area contributed by atoms with Gasteiger partial charge in [-0.15, -0.1) is 5.10 Å². The molecule has 2 aromatic rings. The van der Waals surface area contributed by atoms with Crippen molar-refractivity contribution >= 4 is 5.78 Å². The van der Waals surface area contributed by atoms with Gasteiger partial charge >= 0.3 is 0 Å². The van der Waals surface area contributed by atoms with E-state index in [1.165, 1.54) is 6.20 Å². The molecular formula is C13H15N3O2. The van der Waals surface area contributed by atoms with Gasteiger partial charge in [0.2, 0.25) is 5.78 Å². The van der Waals surface area contributed by atoms with Crippen LogP contribution in [0.2, 0.25) is 0 Å². The zero-order valence-electron chi connectivity index (χ0n) is 10.5. The molecule has 0 aliphatic rings. The Morgan fingerprint density at radius 3 is 2.61 bits per heavy atom. The van der Waals surface area contributed by atoms with Crippen molar-refractivity contribution in [1.29, 1.82) is 0 Å². The van der Waals surface area contributed by atoms with Crippen LogP contribution < -0.4 is 4.74 Å². The number of ether oxygens (including phenoxy) is 1. The number of rotatable bonds is 5. The number of benzene rings is 1. The van der Waals surface area contributed by atoms with Gasteiger partial charge in [-0.05, 0) is 38.1 Å². The van der Waals surface area contributed by atoms with Crippen LogP contribution in [0.4, 0.5) is 0 Å². The molecule has 0 bridgehead atoms. The second-order valence-corrected chi connectivity index (χ2v) is 3.72. The van der Waals surface area contributed by atoms with Gasteiger partial charge in [0.25, 0.3) is 0 Å². The van der Waals surface area contributed by atoms with E-state index >= 15 is 0 Å². The summed E-state index contributed by atoms with van der Waals surface area (Å²) in [4.78, 5) is 12.2. The van der Waals surface area contributed by atoms with Crippen LogP contribution in [0, 0.1) is 0 Å². The number of aryl methyl sites for hydroxylation is 1. The van der Waals surface area contributed by atoms with Crippen LogP contribution in [0.3, 0.4) is 0 Å². The van der Waals surface area contributed by atoms with Gasteiger partial charge < -0.3 is 4.74 Å². The fraction of sp³-hybridized carbons (Fsp3) is 0.308. The average Bonchev–Trinajstić information content (AvgIpc) is 2.87. The number of ketones is 1. The van der Waals surface area contributed by atoms with Crippen LogP contribution in [0.5, 0.6) is 5.75 Å². The van der Waals surface area contributed by atoms with Crippen molar-refractivity contribution in [2.45, 2.75) is 20.4 Å². The molecule has 0 N–H and O–H groups in total. The summed E-state index contributed by atoms with van der Waals surface area (Å²) >= 11 is 0. The van der Waals surface area contributed by atoms with Gasteiger partial charge in [0, 0.05) is 12.1 Å². The van der Waals surface area contributed by atoms with Crippen molar-refractivity contribution in [3.05, 3.63) is 41.7 Å². The molecule has 0 saturated heterocycles. The van der Waals surface area contributed by atoms with E-state index < -0.39 is 0 Å². The van der Waals surface area contributed by atoms with E-state index in [-0.39, 0.29) is 5.78 Å². The lowest BCUT2D eigenvalue weighted by Gasteiger charge is -2.05. The first-order valence-corrected chi connectivity index (χ1v) is 5.92. The van der Waals surface area contributed by atoms with Crippen molar-refractivity contribution in [3.63, 3.8) is 0 Å². The van der Waals surface area contributed by atoms with Crippen molar-refractivity contribution < 1.29 is 9.53 Å². The number of hydrogen-bond donors (Lipinski definition) is 0. The summed E-state index contributed by atoms with van der Waals surface area (Å²) in [6.07, 6.45) is 1.49. The molecule has 0 spiro atoms. The summed E-state index contributed by atoms with van der Waals surface area (Å²) in [6, 6.07) is 7.08. The molecule has 0 atom stereocenters. The molecule has 0 radical (unpaired) electrons. The van der Waals surface area contributed by atoms with Crippen molar-refractivity contribution in [2.75, 3.05) is 6.61 Å². The minimum atomic E-state index is -0.0788. The van der Waals surface area contributed by atoms with Crippen molar-refractivity contribution in [3.8, 4) is 5.75 Å². The highest BCUT2D eigenvalue weighted by molar-refractivity contribution is 6.07. The molecule has 0 unspecified atom stereocenters. The lowest BCUT2D eigenvalue weighted by Crippen LogP contribution is -2.10. The fourth-order valence-electron chi connectivity index (χ4n) is 1.68. The first-order chi connectivity index (χ1) is 8.76. The zero-order valence-corrected chi connectivity index (χ0v) is 10.5. The third-order valence-corrected chi connectivity index (χ3v) is 2.58. The highest BCUT2D eigenvalue weighted by Gasteiger charge is 2.14. The fourth-order valence-corrected chi connectivity index (χ4v) is 1.68. The summed E-state index contributed by atoms with van der Waals surface area (Å²) in [5.41, 5.74) is 1.11. The van der Waals surface area contributed by atoms with Gasteiger partial charge in [0.05, 0.1) is 12.8 Å². The molecule has 0 fully saturated rings. The number of carbonyl (C=O) groups excluding carboxylic acids is 1. The van der Waals surface area contributed by atoms with Crippen LogP contribution in [0.1, 0.15) is 29.9 Å². The molecular weight excluding hydrogens is 230 g/mol. The predicted molar refractivity (Wildman–Crippen MR) is 66.7 cm³/mol. The first kappa shape index (κ1) is 12.3. The SMILES string of the molecule is CCOc1ccc(C(=O)c2cnnn2CC)cc1. The van der Waals surface area contributed by atoms with Gasteiger partial charge in [0.15, 0.2) is 0 Å². The minimum Gasteiger partial charge on any atom is -0.494 e. The maximum atomic E-state index is 12.2. The Morgan fingerprint density at radius 1 is 1.28 bits per heavy atom. The number of carbonyl (C=O) groups is 1. The Hall–Kier alpha value is -2.17. The smallest absolute Gasteiger partial charge is 0.212 e. The number of hydrogen-bond acceptors (Lipinski definition) is 4. The Kier molecular flexibility index (Phi) is 3.72. The Bertz CT molecular complexity index is 531. The molecule has 1 aromatic carbocycles. The third-order valence-electron chi connectivity index (χ3n) is 2.58. The lowest BCUT2D eigenvalue weighted by atomic mass is 10.1. The molecule has 94 valence electrons. The molecule has 0 aliphatic carbocycles.